The maximum absolute atomic E-state index is 2.71. The molecule has 0 unspecified atom stereocenters. The van der Waals surface area contributed by atoms with Crippen LogP contribution in [0.4, 0.5) is 0 Å². The van der Waals surface area contributed by atoms with Gasteiger partial charge in [-0.15, -0.1) is 0 Å². The summed E-state index contributed by atoms with van der Waals surface area (Å²) >= 11 is 0. The zero-order valence-electron chi connectivity index (χ0n) is 54.0. The van der Waals surface area contributed by atoms with Crippen molar-refractivity contribution in [3.8, 4) is 44.5 Å². The van der Waals surface area contributed by atoms with Crippen molar-refractivity contribution in [2.24, 2.45) is 0 Å². The first-order chi connectivity index (χ1) is 43.5. The molecule has 12 aromatic rings. The van der Waals surface area contributed by atoms with Gasteiger partial charge in [0.2, 0.25) is 0 Å². The second kappa shape index (κ2) is 25.8. The Morgan fingerprint density at radius 1 is 0.205 bits per heavy atom. The lowest BCUT2D eigenvalue weighted by Crippen LogP contribution is -2.25. The van der Waals surface area contributed by atoms with E-state index >= 15 is 0 Å². The van der Waals surface area contributed by atoms with Crippen molar-refractivity contribution in [2.45, 2.75) is 218 Å². The molecule has 2 aliphatic rings. The predicted molar refractivity (Wildman–Crippen MR) is 387 cm³/mol. The van der Waals surface area contributed by atoms with Crippen LogP contribution >= 0.6 is 0 Å². The van der Waals surface area contributed by atoms with Gasteiger partial charge < -0.3 is 0 Å². The van der Waals surface area contributed by atoms with E-state index in [-0.39, 0.29) is 10.8 Å². The lowest BCUT2D eigenvalue weighted by Gasteiger charge is -2.33. The van der Waals surface area contributed by atoms with Crippen LogP contribution in [0.3, 0.4) is 0 Å². The fourth-order valence-corrected chi connectivity index (χ4v) is 18.1. The van der Waals surface area contributed by atoms with Gasteiger partial charge in [0, 0.05) is 10.8 Å². The van der Waals surface area contributed by atoms with Crippen molar-refractivity contribution in [3.05, 3.63) is 192 Å². The number of hydrogen-bond donors (Lipinski definition) is 0. The van der Waals surface area contributed by atoms with Crippen molar-refractivity contribution in [1.29, 1.82) is 0 Å². The summed E-state index contributed by atoms with van der Waals surface area (Å²) < 4.78 is 0. The molecule has 448 valence electrons. The first kappa shape index (κ1) is 58.7. The Kier molecular flexibility index (Phi) is 17.2. The van der Waals surface area contributed by atoms with Crippen molar-refractivity contribution in [1.82, 2.24) is 0 Å². The summed E-state index contributed by atoms with van der Waals surface area (Å²) in [5.74, 6) is 0. The van der Waals surface area contributed by atoms with Gasteiger partial charge in [-0.3, -0.25) is 0 Å². The molecule has 0 heterocycles. The predicted octanol–water partition coefficient (Wildman–Crippen LogP) is 27.5. The van der Waals surface area contributed by atoms with E-state index in [1.165, 1.54) is 300 Å². The summed E-state index contributed by atoms with van der Waals surface area (Å²) in [5, 5.41) is 19.4. The van der Waals surface area contributed by atoms with Crippen molar-refractivity contribution >= 4 is 75.4 Å². The molecular formula is C88H96. The average molecular weight is 1150 g/mol. The van der Waals surface area contributed by atoms with Crippen LogP contribution in [0.15, 0.2) is 170 Å². The molecule has 0 fully saturated rings. The van der Waals surface area contributed by atoms with E-state index in [9.17, 15) is 0 Å². The van der Waals surface area contributed by atoms with Gasteiger partial charge >= 0.3 is 0 Å². The monoisotopic (exact) mass is 1150 g/mol. The molecule has 0 N–H and O–H groups in total. The third-order valence-electron chi connectivity index (χ3n) is 22.4. The molecule has 0 aromatic heterocycles. The van der Waals surface area contributed by atoms with Gasteiger partial charge in [-0.1, -0.05) is 340 Å². The normalized spacial score (nSPS) is 14.0. The third kappa shape index (κ3) is 10.1. The van der Waals surface area contributed by atoms with Gasteiger partial charge in [-0.2, -0.15) is 0 Å². The molecule has 2 aliphatic carbocycles. The molecule has 0 heteroatoms. The van der Waals surface area contributed by atoms with E-state index in [1.807, 2.05) is 0 Å². The Bertz CT molecular complexity index is 4090. The standard InChI is InChI=1S/C88H96/c1-5-9-13-17-21-33-55-87(56-34-22-18-14-10-6-2)77-43-31-29-39-67(77)69-47-45-61(59-79(69)87)63-49-51-75-76-52-50-64(82-72-42-28-26-38-66(72)74-54-53-73-65-37-25-27-41-71(65)81(63)83(75)85(73)86(74)84(76)82)62-46-48-70-68-40-30-32-44-78(68)88(80(70)60-62,57-35-23-19-15-11-7-3)58-36-24-20-16-12-8-4/h25-32,37-54,59-60H,5-24,33-36,55-58H2,1-4H3. The second-order valence-electron chi connectivity index (χ2n) is 27.7. The Morgan fingerprint density at radius 3 is 0.841 bits per heavy atom. The molecule has 0 bridgehead atoms. The van der Waals surface area contributed by atoms with Crippen LogP contribution in [0, 0.1) is 0 Å². The van der Waals surface area contributed by atoms with Crippen LogP contribution in [0.25, 0.3) is 120 Å². The topological polar surface area (TPSA) is 0 Å². The number of fused-ring (bicyclic) bond motifs is 13. The maximum atomic E-state index is 2.71. The molecule has 0 atom stereocenters. The van der Waals surface area contributed by atoms with Gasteiger partial charge in [-0.25, -0.2) is 0 Å². The van der Waals surface area contributed by atoms with Crippen molar-refractivity contribution in [3.63, 3.8) is 0 Å². The summed E-state index contributed by atoms with van der Waals surface area (Å²) in [7, 11) is 0. The molecular weight excluding hydrogens is 1060 g/mol. The van der Waals surface area contributed by atoms with Crippen LogP contribution in [0.5, 0.6) is 0 Å². The van der Waals surface area contributed by atoms with E-state index in [2.05, 4.69) is 198 Å². The molecule has 0 spiro atoms. The lowest BCUT2D eigenvalue weighted by molar-refractivity contribution is 0.398. The molecule has 0 radical (unpaired) electrons. The maximum Gasteiger partial charge on any atom is 0.0215 e. The highest BCUT2D eigenvalue weighted by Gasteiger charge is 2.44. The molecule has 0 nitrogen and oxygen atoms in total. The van der Waals surface area contributed by atoms with Gasteiger partial charge in [0.15, 0.2) is 0 Å². The number of hydrogen-bond acceptors (Lipinski definition) is 0. The lowest BCUT2D eigenvalue weighted by atomic mass is 9.70. The zero-order valence-corrected chi connectivity index (χ0v) is 54.0. The van der Waals surface area contributed by atoms with Crippen LogP contribution in [-0.2, 0) is 10.8 Å². The van der Waals surface area contributed by atoms with E-state index in [1.54, 1.807) is 22.3 Å². The Hall–Kier alpha value is -7.02. The molecule has 12 aromatic carbocycles. The highest BCUT2D eigenvalue weighted by Crippen LogP contribution is 2.59. The number of rotatable bonds is 30. The quantitative estimate of drug-likeness (QED) is 0.0239. The SMILES string of the molecule is CCCCCCCCC1(CCCCCCCC)c2ccccc2-c2ccc(-c3ccc4c5ccc(-c6ccc7c(c6)C(CCCCCCCC)(CCCCCCCC)c6ccccc6-7)c6c7ccccc7c7ccc8c9ccccc9c3c4c8c7c56)cc21. The Balaban J connectivity index is 0.956. The van der Waals surface area contributed by atoms with Gasteiger partial charge in [0.05, 0.1) is 0 Å². The largest absolute Gasteiger partial charge is 0.0654 e. The van der Waals surface area contributed by atoms with E-state index < -0.39 is 0 Å². The first-order valence-electron chi connectivity index (χ1n) is 35.8. The fourth-order valence-electron chi connectivity index (χ4n) is 18.1. The molecule has 0 saturated heterocycles. The van der Waals surface area contributed by atoms with E-state index in [0.29, 0.717) is 0 Å². The minimum absolute atomic E-state index is 0.0129. The van der Waals surface area contributed by atoms with E-state index in [4.69, 9.17) is 0 Å². The fraction of sp³-hybridized carbons (Fsp3) is 0.386. The van der Waals surface area contributed by atoms with Gasteiger partial charge in [0.25, 0.3) is 0 Å². The van der Waals surface area contributed by atoms with Crippen molar-refractivity contribution < 1.29 is 0 Å². The second-order valence-corrected chi connectivity index (χ2v) is 27.7. The minimum Gasteiger partial charge on any atom is -0.0654 e. The van der Waals surface area contributed by atoms with Gasteiger partial charge in [-0.05, 0) is 180 Å². The molecule has 14 rings (SSSR count). The van der Waals surface area contributed by atoms with Gasteiger partial charge in [0.1, 0.15) is 0 Å². The minimum atomic E-state index is 0.0129. The highest BCUT2D eigenvalue weighted by molar-refractivity contribution is 6.49. The average Bonchev–Trinajstić information content (AvgIpc) is 0.901. The highest BCUT2D eigenvalue weighted by atomic mass is 14.5. The summed E-state index contributed by atoms with van der Waals surface area (Å²) in [6.07, 6.45) is 36.7. The Labute approximate surface area is 527 Å². The number of unbranched alkanes of at least 4 members (excludes halogenated alkanes) is 20. The van der Waals surface area contributed by atoms with Crippen LogP contribution < -0.4 is 0 Å². The zero-order chi connectivity index (χ0) is 59.6. The molecule has 0 amide bonds. The van der Waals surface area contributed by atoms with Crippen molar-refractivity contribution in [2.75, 3.05) is 0 Å². The molecule has 0 saturated carbocycles. The van der Waals surface area contributed by atoms with E-state index in [0.717, 1.165) is 0 Å². The molecule has 0 aliphatic heterocycles. The summed E-state index contributed by atoms with van der Waals surface area (Å²) in [5.41, 5.74) is 17.7. The molecule has 88 heavy (non-hydrogen) atoms. The van der Waals surface area contributed by atoms with Crippen LogP contribution in [0.2, 0.25) is 0 Å². The van der Waals surface area contributed by atoms with Crippen LogP contribution in [-0.4, -0.2) is 0 Å². The summed E-state index contributed by atoms with van der Waals surface area (Å²) in [6, 6.07) is 68.7. The first-order valence-corrected chi connectivity index (χ1v) is 35.8. The third-order valence-corrected chi connectivity index (χ3v) is 22.4. The number of benzene rings is 12. The summed E-state index contributed by atoms with van der Waals surface area (Å²) in [6.45, 7) is 9.37. The smallest absolute Gasteiger partial charge is 0.0215 e. The van der Waals surface area contributed by atoms with Crippen LogP contribution in [0.1, 0.15) is 230 Å². The summed E-state index contributed by atoms with van der Waals surface area (Å²) in [4.78, 5) is 0. The Morgan fingerprint density at radius 2 is 0.466 bits per heavy atom.